The van der Waals surface area contributed by atoms with Crippen molar-refractivity contribution in [3.8, 4) is 0 Å². The average molecular weight is 356 g/mol. The Bertz CT molecular complexity index is 800. The minimum atomic E-state index is -0.472. The zero-order valence-electron chi connectivity index (χ0n) is 14.4. The molecule has 7 nitrogen and oxygen atoms in total. The molecule has 0 spiro atoms. The normalized spacial score (nSPS) is 16.4. The van der Waals surface area contributed by atoms with Crippen LogP contribution in [0.3, 0.4) is 0 Å². The number of anilines is 2. The number of rotatable bonds is 5. The van der Waals surface area contributed by atoms with Crippen molar-refractivity contribution in [2.45, 2.75) is 32.2 Å². The van der Waals surface area contributed by atoms with Crippen LogP contribution in [0, 0.1) is 0 Å². The summed E-state index contributed by atoms with van der Waals surface area (Å²) in [6.45, 7) is 1.42. The second-order valence-corrected chi connectivity index (χ2v) is 6.12. The molecule has 0 saturated carbocycles. The number of hydrogen-bond acceptors (Lipinski definition) is 5. The first-order chi connectivity index (χ1) is 12.5. The minimum absolute atomic E-state index is 0.132. The van der Waals surface area contributed by atoms with Gasteiger partial charge in [0.1, 0.15) is 5.76 Å². The third kappa shape index (κ3) is 4.11. The lowest BCUT2D eigenvalue weighted by atomic mass is 10.1. The van der Waals surface area contributed by atoms with Gasteiger partial charge in [0.25, 0.3) is 5.91 Å². The largest absolute Gasteiger partial charge is 0.469 e. The number of para-hydroxylation sites is 2. The average Bonchev–Trinajstić information content (AvgIpc) is 3.09. The molecule has 1 aromatic carbocycles. The molecular formula is C19H20N2O5. The minimum Gasteiger partial charge on any atom is -0.469 e. The van der Waals surface area contributed by atoms with Crippen molar-refractivity contribution in [1.82, 2.24) is 0 Å². The van der Waals surface area contributed by atoms with Crippen LogP contribution in [0.2, 0.25) is 0 Å². The maximum absolute atomic E-state index is 12.7. The zero-order valence-corrected chi connectivity index (χ0v) is 14.4. The van der Waals surface area contributed by atoms with E-state index in [9.17, 15) is 14.4 Å². The highest BCUT2D eigenvalue weighted by Gasteiger charge is 2.29. The number of esters is 1. The first-order valence-electron chi connectivity index (χ1n) is 8.43. The summed E-state index contributed by atoms with van der Waals surface area (Å²) < 4.78 is 10.3. The van der Waals surface area contributed by atoms with Gasteiger partial charge in [-0.2, -0.15) is 0 Å². The van der Waals surface area contributed by atoms with Crippen molar-refractivity contribution in [3.63, 3.8) is 0 Å². The van der Waals surface area contributed by atoms with E-state index in [1.807, 2.05) is 0 Å². The monoisotopic (exact) mass is 356 g/mol. The molecule has 1 aliphatic heterocycles. The third-order valence-corrected chi connectivity index (χ3v) is 4.14. The molecule has 2 heterocycles. The Morgan fingerprint density at radius 1 is 1.27 bits per heavy atom. The van der Waals surface area contributed by atoms with E-state index < -0.39 is 5.97 Å². The second kappa shape index (κ2) is 7.86. The van der Waals surface area contributed by atoms with Gasteiger partial charge in [0, 0.05) is 18.9 Å². The maximum atomic E-state index is 12.7. The number of aryl methyl sites for hydroxylation is 1. The Kier molecular flexibility index (Phi) is 5.36. The van der Waals surface area contributed by atoms with E-state index in [0.29, 0.717) is 23.6 Å². The number of carbonyl (C=O) groups excluding carboxylic acids is 3. The van der Waals surface area contributed by atoms with Gasteiger partial charge < -0.3 is 19.4 Å². The van der Waals surface area contributed by atoms with Gasteiger partial charge in [-0.25, -0.2) is 0 Å². The van der Waals surface area contributed by atoms with Crippen molar-refractivity contribution < 1.29 is 23.5 Å². The molecule has 2 aromatic rings. The fourth-order valence-corrected chi connectivity index (χ4v) is 2.93. The Labute approximate surface area is 150 Å². The van der Waals surface area contributed by atoms with Crippen molar-refractivity contribution in [2.24, 2.45) is 0 Å². The third-order valence-electron chi connectivity index (χ3n) is 4.14. The molecular weight excluding hydrogens is 336 g/mol. The van der Waals surface area contributed by atoms with Gasteiger partial charge in [-0.1, -0.05) is 12.1 Å². The molecule has 26 heavy (non-hydrogen) atoms. The molecule has 136 valence electrons. The van der Waals surface area contributed by atoms with E-state index in [2.05, 4.69) is 5.32 Å². The molecule has 0 aliphatic carbocycles. The fourth-order valence-electron chi connectivity index (χ4n) is 2.93. The van der Waals surface area contributed by atoms with Gasteiger partial charge in [0.2, 0.25) is 5.91 Å². The summed E-state index contributed by atoms with van der Waals surface area (Å²) in [5.41, 5.74) is 1.17. The number of amides is 2. The van der Waals surface area contributed by atoms with Gasteiger partial charge in [-0.3, -0.25) is 14.4 Å². The fraction of sp³-hybridized carbons (Fsp3) is 0.316. The summed E-state index contributed by atoms with van der Waals surface area (Å²) in [6.07, 6.45) is 2.26. The number of nitrogens with one attached hydrogen (secondary N) is 1. The van der Waals surface area contributed by atoms with E-state index in [4.69, 9.17) is 9.15 Å². The number of carbonyl (C=O) groups is 3. The van der Waals surface area contributed by atoms with Crippen LogP contribution in [0.5, 0.6) is 0 Å². The Balaban J connectivity index is 1.63. The molecule has 1 atom stereocenters. The molecule has 1 N–H and O–H groups in total. The molecule has 0 bridgehead atoms. The Morgan fingerprint density at radius 3 is 2.85 bits per heavy atom. The van der Waals surface area contributed by atoms with Crippen molar-refractivity contribution in [3.05, 3.63) is 48.4 Å². The summed E-state index contributed by atoms with van der Waals surface area (Å²) >= 11 is 0. The number of ether oxygens (including phenoxy) is 1. The summed E-state index contributed by atoms with van der Waals surface area (Å²) in [7, 11) is 0. The number of nitrogens with zero attached hydrogens (tertiary/aromatic N) is 1. The number of hydrogen-bond donors (Lipinski definition) is 1. The molecule has 0 fully saturated rings. The zero-order chi connectivity index (χ0) is 18.5. The smallest absolute Gasteiger partial charge is 0.306 e. The molecule has 2 amide bonds. The quantitative estimate of drug-likeness (QED) is 0.832. The summed E-state index contributed by atoms with van der Waals surface area (Å²) in [5.74, 6) is -0.309. The number of benzene rings is 1. The molecule has 0 radical (unpaired) electrons. The highest BCUT2D eigenvalue weighted by atomic mass is 16.5. The van der Waals surface area contributed by atoms with Gasteiger partial charge in [0.15, 0.2) is 6.61 Å². The predicted molar refractivity (Wildman–Crippen MR) is 94.6 cm³/mol. The van der Waals surface area contributed by atoms with E-state index in [1.165, 1.54) is 11.2 Å². The van der Waals surface area contributed by atoms with E-state index in [0.717, 1.165) is 0 Å². The summed E-state index contributed by atoms with van der Waals surface area (Å²) in [6, 6.07) is 10.3. The van der Waals surface area contributed by atoms with Gasteiger partial charge in [-0.15, -0.1) is 0 Å². The predicted octanol–water partition coefficient (Wildman–Crippen LogP) is 2.52. The van der Waals surface area contributed by atoms with E-state index in [-0.39, 0.29) is 37.3 Å². The Hall–Kier alpha value is -3.09. The van der Waals surface area contributed by atoms with Crippen molar-refractivity contribution >= 4 is 29.2 Å². The molecule has 0 unspecified atom stereocenters. The van der Waals surface area contributed by atoms with Gasteiger partial charge in [0.05, 0.1) is 24.1 Å². The van der Waals surface area contributed by atoms with Gasteiger partial charge >= 0.3 is 5.97 Å². The van der Waals surface area contributed by atoms with Crippen LogP contribution in [0.4, 0.5) is 11.4 Å². The maximum Gasteiger partial charge on any atom is 0.306 e. The molecule has 0 saturated heterocycles. The van der Waals surface area contributed by atoms with Crippen LogP contribution < -0.4 is 10.2 Å². The SMILES string of the molecule is C[C@H]1CC(=O)Nc2ccccc2N1C(=O)COC(=O)CCc1ccco1. The van der Waals surface area contributed by atoms with Crippen LogP contribution in [-0.4, -0.2) is 30.4 Å². The Morgan fingerprint density at radius 2 is 2.08 bits per heavy atom. The van der Waals surface area contributed by atoms with E-state index in [1.54, 1.807) is 43.3 Å². The lowest BCUT2D eigenvalue weighted by molar-refractivity contribution is -0.148. The topological polar surface area (TPSA) is 88.9 Å². The van der Waals surface area contributed by atoms with Crippen LogP contribution >= 0.6 is 0 Å². The van der Waals surface area contributed by atoms with Crippen LogP contribution in [-0.2, 0) is 25.5 Å². The van der Waals surface area contributed by atoms with E-state index >= 15 is 0 Å². The highest BCUT2D eigenvalue weighted by molar-refractivity contribution is 6.05. The number of furan rings is 1. The lowest BCUT2D eigenvalue weighted by Gasteiger charge is -2.27. The standard InChI is InChI=1S/C19H20N2O5/c1-13-11-17(22)20-15-6-2-3-7-16(15)21(13)18(23)12-26-19(24)9-8-14-5-4-10-25-14/h2-7,10,13H,8-9,11-12H2,1H3,(H,20,22)/t13-/m0/s1. The van der Waals surface area contributed by atoms with Crippen LogP contribution in [0.1, 0.15) is 25.5 Å². The lowest BCUT2D eigenvalue weighted by Crippen LogP contribution is -2.41. The number of fused-ring (bicyclic) bond motifs is 1. The molecule has 1 aromatic heterocycles. The first kappa shape index (κ1) is 17.7. The van der Waals surface area contributed by atoms with Crippen molar-refractivity contribution in [2.75, 3.05) is 16.8 Å². The molecule has 1 aliphatic rings. The van der Waals surface area contributed by atoms with Crippen LogP contribution in [0.25, 0.3) is 0 Å². The summed E-state index contributed by atoms with van der Waals surface area (Å²) in [5, 5.41) is 2.79. The van der Waals surface area contributed by atoms with Crippen molar-refractivity contribution in [1.29, 1.82) is 0 Å². The first-order valence-corrected chi connectivity index (χ1v) is 8.43. The second-order valence-electron chi connectivity index (χ2n) is 6.12. The molecule has 7 heteroatoms. The molecule has 3 rings (SSSR count). The summed E-state index contributed by atoms with van der Waals surface area (Å²) in [4.78, 5) is 38.0. The van der Waals surface area contributed by atoms with Crippen LogP contribution in [0.15, 0.2) is 47.1 Å². The highest BCUT2D eigenvalue weighted by Crippen LogP contribution is 2.31. The van der Waals surface area contributed by atoms with Gasteiger partial charge in [-0.05, 0) is 31.2 Å².